The van der Waals surface area contributed by atoms with E-state index in [-0.39, 0.29) is 12.3 Å². The van der Waals surface area contributed by atoms with E-state index in [9.17, 15) is 9.59 Å². The number of para-hydroxylation sites is 1. The van der Waals surface area contributed by atoms with Gasteiger partial charge in [0.2, 0.25) is 0 Å². The third-order valence-electron chi connectivity index (χ3n) is 4.41. The summed E-state index contributed by atoms with van der Waals surface area (Å²) in [6.07, 6.45) is 0.744. The Hall–Kier alpha value is -3.40. The van der Waals surface area contributed by atoms with Gasteiger partial charge in [0.05, 0.1) is 12.1 Å². The number of amides is 1. The molecule has 0 atom stereocenters. The lowest BCUT2D eigenvalue weighted by atomic mass is 10.1. The summed E-state index contributed by atoms with van der Waals surface area (Å²) in [5.74, 6) is -0.834. The molecule has 142 valence electrons. The second-order valence-corrected chi connectivity index (χ2v) is 6.75. The first-order valence-electron chi connectivity index (χ1n) is 9.25. The Labute approximate surface area is 165 Å². The predicted octanol–water partition coefficient (Wildman–Crippen LogP) is 5.04. The van der Waals surface area contributed by atoms with Crippen LogP contribution in [0, 0.1) is 13.8 Å². The molecule has 4 nitrogen and oxygen atoms in total. The summed E-state index contributed by atoms with van der Waals surface area (Å²) in [7, 11) is 0. The van der Waals surface area contributed by atoms with E-state index in [1.54, 1.807) is 36.4 Å². The molecule has 0 aliphatic carbocycles. The summed E-state index contributed by atoms with van der Waals surface area (Å²) in [6, 6.07) is 24.1. The summed E-state index contributed by atoms with van der Waals surface area (Å²) < 4.78 is 0. The van der Waals surface area contributed by atoms with Crippen molar-refractivity contribution in [1.29, 1.82) is 0 Å². The number of hydrogen-bond acceptors (Lipinski definition) is 3. The van der Waals surface area contributed by atoms with E-state index in [1.165, 1.54) is 5.56 Å². The maximum Gasteiger partial charge on any atom is 0.333 e. The lowest BCUT2D eigenvalue weighted by molar-refractivity contribution is -0.144. The number of aryl methyl sites for hydroxylation is 3. The average molecular weight is 373 g/mol. The summed E-state index contributed by atoms with van der Waals surface area (Å²) in [5.41, 5.74) is 4.25. The van der Waals surface area contributed by atoms with Crippen molar-refractivity contribution in [3.63, 3.8) is 0 Å². The van der Waals surface area contributed by atoms with Gasteiger partial charge >= 0.3 is 5.97 Å². The Morgan fingerprint density at radius 1 is 0.786 bits per heavy atom. The third-order valence-corrected chi connectivity index (χ3v) is 4.41. The van der Waals surface area contributed by atoms with Crippen molar-refractivity contribution >= 4 is 17.6 Å². The minimum Gasteiger partial charge on any atom is -0.333 e. The van der Waals surface area contributed by atoms with Gasteiger partial charge < -0.3 is 4.84 Å². The van der Waals surface area contributed by atoms with Crippen LogP contribution >= 0.6 is 0 Å². The Morgan fingerprint density at radius 3 is 1.96 bits per heavy atom. The minimum atomic E-state index is -0.454. The van der Waals surface area contributed by atoms with E-state index in [4.69, 9.17) is 4.84 Å². The second kappa shape index (κ2) is 9.00. The Bertz CT molecular complexity index is 932. The second-order valence-electron chi connectivity index (χ2n) is 6.75. The molecule has 0 radical (unpaired) electrons. The highest BCUT2D eigenvalue weighted by Crippen LogP contribution is 2.19. The first-order chi connectivity index (χ1) is 13.5. The van der Waals surface area contributed by atoms with Gasteiger partial charge in [0.25, 0.3) is 5.91 Å². The van der Waals surface area contributed by atoms with Gasteiger partial charge in [-0.25, -0.2) is 4.79 Å². The molecule has 0 heterocycles. The summed E-state index contributed by atoms with van der Waals surface area (Å²) in [6.45, 7) is 3.97. The predicted molar refractivity (Wildman–Crippen MR) is 110 cm³/mol. The van der Waals surface area contributed by atoms with Crippen LogP contribution in [-0.4, -0.2) is 11.9 Å². The van der Waals surface area contributed by atoms with Crippen LogP contribution in [0.15, 0.2) is 78.9 Å². The normalized spacial score (nSPS) is 10.4. The van der Waals surface area contributed by atoms with Crippen molar-refractivity contribution < 1.29 is 14.4 Å². The molecule has 0 aliphatic rings. The maximum atomic E-state index is 13.0. The average Bonchev–Trinajstić information content (AvgIpc) is 2.72. The Kier molecular flexibility index (Phi) is 6.22. The van der Waals surface area contributed by atoms with E-state index in [0.717, 1.165) is 16.2 Å². The van der Waals surface area contributed by atoms with Gasteiger partial charge in [0.1, 0.15) is 0 Å². The largest absolute Gasteiger partial charge is 0.333 e. The number of carbonyl (C=O) groups is 2. The van der Waals surface area contributed by atoms with Gasteiger partial charge in [0.15, 0.2) is 0 Å². The van der Waals surface area contributed by atoms with Crippen LogP contribution in [0.1, 0.15) is 33.5 Å². The lowest BCUT2D eigenvalue weighted by Crippen LogP contribution is -2.33. The number of anilines is 1. The molecule has 0 saturated heterocycles. The molecule has 3 rings (SSSR count). The first-order valence-corrected chi connectivity index (χ1v) is 9.25. The standard InChI is InChI=1S/C24H23NO3/c1-18-8-12-20(13-9-18)14-17-23(26)28-25(22-6-4-3-5-7-22)24(27)21-15-10-19(2)11-16-21/h3-13,15-16H,14,17H2,1-2H3. The third kappa shape index (κ3) is 5.07. The van der Waals surface area contributed by atoms with Crippen LogP contribution in [0.4, 0.5) is 5.69 Å². The zero-order valence-electron chi connectivity index (χ0n) is 16.1. The summed E-state index contributed by atoms with van der Waals surface area (Å²) >= 11 is 0. The van der Waals surface area contributed by atoms with Crippen molar-refractivity contribution in [3.8, 4) is 0 Å². The number of hydroxylamine groups is 1. The highest BCUT2D eigenvalue weighted by Gasteiger charge is 2.22. The van der Waals surface area contributed by atoms with Crippen LogP contribution in [0.25, 0.3) is 0 Å². The minimum absolute atomic E-state index is 0.188. The molecule has 0 aromatic heterocycles. The number of benzene rings is 3. The molecule has 0 bridgehead atoms. The molecule has 3 aromatic rings. The molecule has 0 spiro atoms. The van der Waals surface area contributed by atoms with Crippen molar-refractivity contribution in [3.05, 3.63) is 101 Å². The summed E-state index contributed by atoms with van der Waals surface area (Å²) in [5, 5.41) is 1.07. The van der Waals surface area contributed by atoms with E-state index in [1.807, 2.05) is 56.3 Å². The fourth-order valence-corrected chi connectivity index (χ4v) is 2.74. The molecule has 0 aliphatic heterocycles. The quantitative estimate of drug-likeness (QED) is 0.589. The van der Waals surface area contributed by atoms with E-state index >= 15 is 0 Å². The molecule has 4 heteroatoms. The van der Waals surface area contributed by atoms with Crippen LogP contribution in [0.5, 0.6) is 0 Å². The van der Waals surface area contributed by atoms with Crippen LogP contribution in [-0.2, 0) is 16.1 Å². The SMILES string of the molecule is Cc1ccc(CCC(=O)ON(C(=O)c2ccc(C)cc2)c2ccccc2)cc1. The number of nitrogens with zero attached hydrogens (tertiary/aromatic N) is 1. The molecule has 0 N–H and O–H groups in total. The van der Waals surface area contributed by atoms with E-state index < -0.39 is 5.97 Å². The molecular formula is C24H23NO3. The molecule has 28 heavy (non-hydrogen) atoms. The zero-order chi connectivity index (χ0) is 19.9. The zero-order valence-corrected chi connectivity index (χ0v) is 16.1. The fourth-order valence-electron chi connectivity index (χ4n) is 2.74. The maximum absolute atomic E-state index is 13.0. The molecule has 0 unspecified atom stereocenters. The van der Waals surface area contributed by atoms with Gasteiger partial charge in [-0.3, -0.25) is 4.79 Å². The van der Waals surface area contributed by atoms with E-state index in [0.29, 0.717) is 17.7 Å². The molecule has 0 saturated carbocycles. The van der Waals surface area contributed by atoms with E-state index in [2.05, 4.69) is 0 Å². The molecule has 0 fully saturated rings. The van der Waals surface area contributed by atoms with Crippen molar-refractivity contribution in [2.45, 2.75) is 26.7 Å². The van der Waals surface area contributed by atoms with Crippen molar-refractivity contribution in [1.82, 2.24) is 0 Å². The van der Waals surface area contributed by atoms with Crippen LogP contribution < -0.4 is 5.06 Å². The van der Waals surface area contributed by atoms with Gasteiger partial charge in [-0.05, 0) is 50.1 Å². The van der Waals surface area contributed by atoms with Crippen molar-refractivity contribution in [2.24, 2.45) is 0 Å². The van der Waals surface area contributed by atoms with Gasteiger partial charge in [-0.15, -0.1) is 5.06 Å². The highest BCUT2D eigenvalue weighted by atomic mass is 16.7. The highest BCUT2D eigenvalue weighted by molar-refractivity contribution is 6.05. The monoisotopic (exact) mass is 373 g/mol. The number of hydrogen-bond donors (Lipinski definition) is 0. The van der Waals surface area contributed by atoms with Gasteiger partial charge in [-0.1, -0.05) is 65.7 Å². The van der Waals surface area contributed by atoms with Crippen molar-refractivity contribution in [2.75, 3.05) is 5.06 Å². The van der Waals surface area contributed by atoms with Gasteiger partial charge in [0, 0.05) is 5.56 Å². The number of rotatable bonds is 5. The van der Waals surface area contributed by atoms with Crippen LogP contribution in [0.3, 0.4) is 0 Å². The lowest BCUT2D eigenvalue weighted by Gasteiger charge is -2.21. The summed E-state index contributed by atoms with van der Waals surface area (Å²) in [4.78, 5) is 30.9. The Morgan fingerprint density at radius 2 is 1.36 bits per heavy atom. The topological polar surface area (TPSA) is 46.6 Å². The molecule has 1 amide bonds. The van der Waals surface area contributed by atoms with Gasteiger partial charge in [-0.2, -0.15) is 0 Å². The molecular weight excluding hydrogens is 350 g/mol. The molecule has 3 aromatic carbocycles. The number of carbonyl (C=O) groups excluding carboxylic acids is 2. The van der Waals surface area contributed by atoms with Crippen LogP contribution in [0.2, 0.25) is 0 Å². The fraction of sp³-hybridized carbons (Fsp3) is 0.167. The first kappa shape index (κ1) is 19.4. The smallest absolute Gasteiger partial charge is 0.333 e. The Balaban J connectivity index is 1.73.